The van der Waals surface area contributed by atoms with Gasteiger partial charge >= 0.3 is 0 Å². The van der Waals surface area contributed by atoms with Gasteiger partial charge in [0.25, 0.3) is 0 Å². The van der Waals surface area contributed by atoms with E-state index in [-0.39, 0.29) is 11.9 Å². The molecule has 7 heteroatoms. The number of sulfonamides is 1. The van der Waals surface area contributed by atoms with E-state index in [1.54, 1.807) is 31.4 Å². The highest BCUT2D eigenvalue weighted by Gasteiger charge is 2.32. The highest BCUT2D eigenvalue weighted by molar-refractivity contribution is 7.92. The summed E-state index contributed by atoms with van der Waals surface area (Å²) in [7, 11) is -2.13. The van der Waals surface area contributed by atoms with Crippen LogP contribution in [0.4, 0.5) is 5.69 Å². The Bertz CT molecular complexity index is 1030. The van der Waals surface area contributed by atoms with E-state index in [0.717, 1.165) is 31.1 Å². The van der Waals surface area contributed by atoms with Gasteiger partial charge in [-0.1, -0.05) is 32.0 Å². The lowest BCUT2D eigenvalue weighted by Crippen LogP contribution is -2.50. The number of carbonyl (C=O) groups excluding carboxylic acids is 1. The summed E-state index contributed by atoms with van der Waals surface area (Å²) in [6, 6.07) is 12.2. The second-order valence-corrected chi connectivity index (χ2v) is 10.2. The highest BCUT2D eigenvalue weighted by Crippen LogP contribution is 2.28. The standard InChI is InChI=1S/C25H34N2O4S/c1-5-23(20-12-11-18-9-7-8-10-19(18)17-20)26-25(28)24(6-2)27(32(4,29)30)21-13-15-22(31-3)16-14-21/h11-17,23-24H,5-10H2,1-4H3,(H,26,28). The van der Waals surface area contributed by atoms with Crippen LogP contribution < -0.4 is 14.4 Å². The van der Waals surface area contributed by atoms with Crippen molar-refractivity contribution in [2.24, 2.45) is 0 Å². The Kier molecular flexibility index (Phi) is 7.82. The maximum Gasteiger partial charge on any atom is 0.244 e. The molecule has 174 valence electrons. The molecule has 3 rings (SSSR count). The molecule has 32 heavy (non-hydrogen) atoms. The zero-order valence-electron chi connectivity index (χ0n) is 19.4. The molecule has 1 aliphatic carbocycles. The lowest BCUT2D eigenvalue weighted by Gasteiger charge is -2.31. The molecule has 2 aromatic rings. The minimum absolute atomic E-state index is 0.166. The number of anilines is 1. The molecule has 0 aromatic heterocycles. The quantitative estimate of drug-likeness (QED) is 0.605. The van der Waals surface area contributed by atoms with Gasteiger partial charge in [0.05, 0.1) is 25.1 Å². The fourth-order valence-corrected chi connectivity index (χ4v) is 5.66. The molecule has 0 heterocycles. The molecular weight excluding hydrogens is 424 g/mol. The molecule has 0 fully saturated rings. The van der Waals surface area contributed by atoms with Crippen molar-refractivity contribution in [2.45, 2.75) is 64.5 Å². The number of benzene rings is 2. The normalized spacial score (nSPS) is 15.4. The monoisotopic (exact) mass is 458 g/mol. The number of carbonyl (C=O) groups is 1. The largest absolute Gasteiger partial charge is 0.497 e. The van der Waals surface area contributed by atoms with Crippen molar-refractivity contribution < 1.29 is 17.9 Å². The Labute approximate surface area is 192 Å². The summed E-state index contributed by atoms with van der Waals surface area (Å²) in [6.45, 7) is 3.86. The molecule has 0 saturated carbocycles. The van der Waals surface area contributed by atoms with Gasteiger partial charge < -0.3 is 10.1 Å². The Morgan fingerprint density at radius 1 is 1.03 bits per heavy atom. The summed E-state index contributed by atoms with van der Waals surface area (Å²) in [5, 5.41) is 3.12. The van der Waals surface area contributed by atoms with E-state index in [0.29, 0.717) is 17.9 Å². The van der Waals surface area contributed by atoms with Gasteiger partial charge in [-0.05, 0) is 79.5 Å². The predicted octanol–water partition coefficient (Wildman–Crippen LogP) is 4.39. The Balaban J connectivity index is 1.86. The fraction of sp³-hybridized carbons (Fsp3) is 0.480. The van der Waals surface area contributed by atoms with E-state index in [1.807, 2.05) is 13.8 Å². The van der Waals surface area contributed by atoms with Crippen molar-refractivity contribution in [1.29, 1.82) is 0 Å². The van der Waals surface area contributed by atoms with Crippen LogP contribution in [0.5, 0.6) is 5.75 Å². The number of hydrogen-bond acceptors (Lipinski definition) is 4. The van der Waals surface area contributed by atoms with Crippen LogP contribution in [-0.4, -0.2) is 33.7 Å². The molecule has 2 unspecified atom stereocenters. The van der Waals surface area contributed by atoms with E-state index in [4.69, 9.17) is 4.74 Å². The zero-order valence-corrected chi connectivity index (χ0v) is 20.2. The second kappa shape index (κ2) is 10.4. The van der Waals surface area contributed by atoms with Crippen LogP contribution in [0, 0.1) is 0 Å². The lowest BCUT2D eigenvalue weighted by atomic mass is 9.88. The number of ether oxygens (including phenoxy) is 1. The van der Waals surface area contributed by atoms with E-state index in [1.165, 1.54) is 28.3 Å². The minimum Gasteiger partial charge on any atom is -0.497 e. The van der Waals surface area contributed by atoms with Crippen LogP contribution in [-0.2, 0) is 27.7 Å². The molecular formula is C25H34N2O4S. The van der Waals surface area contributed by atoms with Gasteiger partial charge in [-0.3, -0.25) is 9.10 Å². The maximum atomic E-state index is 13.3. The van der Waals surface area contributed by atoms with Crippen LogP contribution in [0.2, 0.25) is 0 Å². The first kappa shape index (κ1) is 24.1. The predicted molar refractivity (Wildman–Crippen MR) is 129 cm³/mol. The number of nitrogens with zero attached hydrogens (tertiary/aromatic N) is 1. The smallest absolute Gasteiger partial charge is 0.244 e. The molecule has 2 aromatic carbocycles. The van der Waals surface area contributed by atoms with Gasteiger partial charge in [-0.15, -0.1) is 0 Å². The molecule has 0 spiro atoms. The van der Waals surface area contributed by atoms with Crippen LogP contribution in [0.1, 0.15) is 62.3 Å². The Morgan fingerprint density at radius 3 is 2.25 bits per heavy atom. The Hall–Kier alpha value is -2.54. The van der Waals surface area contributed by atoms with Crippen molar-refractivity contribution in [2.75, 3.05) is 17.7 Å². The van der Waals surface area contributed by atoms with Crippen LogP contribution in [0.3, 0.4) is 0 Å². The third-order valence-corrected chi connectivity index (χ3v) is 7.34. The first-order chi connectivity index (χ1) is 15.3. The van der Waals surface area contributed by atoms with Crippen LogP contribution in [0.15, 0.2) is 42.5 Å². The molecule has 1 aliphatic rings. The maximum absolute atomic E-state index is 13.3. The summed E-state index contributed by atoms with van der Waals surface area (Å²) < 4.78 is 31.8. The van der Waals surface area contributed by atoms with Crippen LogP contribution >= 0.6 is 0 Å². The van der Waals surface area contributed by atoms with E-state index in [2.05, 4.69) is 23.5 Å². The lowest BCUT2D eigenvalue weighted by molar-refractivity contribution is -0.123. The summed E-state index contributed by atoms with van der Waals surface area (Å²) in [5.41, 5.74) is 4.28. The zero-order chi connectivity index (χ0) is 23.3. The number of amides is 1. The summed E-state index contributed by atoms with van der Waals surface area (Å²) in [4.78, 5) is 13.3. The van der Waals surface area contributed by atoms with Crippen molar-refractivity contribution in [3.8, 4) is 5.75 Å². The van der Waals surface area contributed by atoms with Gasteiger partial charge in [-0.25, -0.2) is 8.42 Å². The van der Waals surface area contributed by atoms with Gasteiger partial charge in [0.1, 0.15) is 11.8 Å². The van der Waals surface area contributed by atoms with Crippen molar-refractivity contribution in [3.63, 3.8) is 0 Å². The van der Waals surface area contributed by atoms with E-state index < -0.39 is 16.1 Å². The minimum atomic E-state index is -3.68. The number of methoxy groups -OCH3 is 1. The van der Waals surface area contributed by atoms with Crippen molar-refractivity contribution in [1.82, 2.24) is 5.32 Å². The Morgan fingerprint density at radius 2 is 1.69 bits per heavy atom. The van der Waals surface area contributed by atoms with Crippen LogP contribution in [0.25, 0.3) is 0 Å². The van der Waals surface area contributed by atoms with Gasteiger partial charge in [0, 0.05) is 0 Å². The van der Waals surface area contributed by atoms with Gasteiger partial charge in [0.2, 0.25) is 15.9 Å². The molecule has 0 radical (unpaired) electrons. The molecule has 0 aliphatic heterocycles. The van der Waals surface area contributed by atoms with E-state index in [9.17, 15) is 13.2 Å². The SMILES string of the molecule is CCC(NC(=O)C(CC)N(c1ccc(OC)cc1)S(C)(=O)=O)c1ccc2c(c1)CCCC2. The van der Waals surface area contributed by atoms with Crippen molar-refractivity contribution >= 4 is 21.6 Å². The molecule has 2 atom stereocenters. The topological polar surface area (TPSA) is 75.7 Å². The second-order valence-electron chi connectivity index (χ2n) is 8.39. The van der Waals surface area contributed by atoms with Gasteiger partial charge in [-0.2, -0.15) is 0 Å². The fourth-order valence-electron chi connectivity index (χ4n) is 4.45. The number of fused-ring (bicyclic) bond motifs is 1. The third kappa shape index (κ3) is 5.44. The average Bonchev–Trinajstić information content (AvgIpc) is 2.79. The number of aryl methyl sites for hydroxylation is 2. The summed E-state index contributed by atoms with van der Waals surface area (Å²) in [5.74, 6) is 0.330. The average molecular weight is 459 g/mol. The summed E-state index contributed by atoms with van der Waals surface area (Å²) >= 11 is 0. The first-order valence-corrected chi connectivity index (χ1v) is 13.2. The highest BCUT2D eigenvalue weighted by atomic mass is 32.2. The van der Waals surface area contributed by atoms with Gasteiger partial charge in [0.15, 0.2) is 0 Å². The summed E-state index contributed by atoms with van der Waals surface area (Å²) in [6.07, 6.45) is 6.82. The first-order valence-electron chi connectivity index (χ1n) is 11.3. The number of rotatable bonds is 9. The van der Waals surface area contributed by atoms with E-state index >= 15 is 0 Å². The molecule has 0 saturated heterocycles. The number of nitrogens with one attached hydrogen (secondary N) is 1. The number of hydrogen-bond donors (Lipinski definition) is 1. The third-order valence-electron chi connectivity index (χ3n) is 6.16. The molecule has 0 bridgehead atoms. The molecule has 6 nitrogen and oxygen atoms in total. The van der Waals surface area contributed by atoms with Crippen molar-refractivity contribution in [3.05, 3.63) is 59.2 Å². The molecule has 1 amide bonds. The molecule has 1 N–H and O–H groups in total.